The van der Waals surface area contributed by atoms with Gasteiger partial charge < -0.3 is 9.88 Å². The molecule has 0 atom stereocenters. The van der Waals surface area contributed by atoms with Crippen molar-refractivity contribution < 1.29 is 17.6 Å². The van der Waals surface area contributed by atoms with Crippen LogP contribution in [0.5, 0.6) is 0 Å². The number of H-pyrrole nitrogens is 1. The first-order chi connectivity index (χ1) is 15.2. The Morgan fingerprint density at radius 2 is 1.88 bits per heavy atom. The van der Waals surface area contributed by atoms with Crippen LogP contribution < -0.4 is 4.72 Å². The number of aromatic nitrogens is 2. The molecule has 0 fully saturated rings. The van der Waals surface area contributed by atoms with Gasteiger partial charge in [-0.1, -0.05) is 24.3 Å². The van der Waals surface area contributed by atoms with Crippen LogP contribution in [0.15, 0.2) is 71.6 Å². The summed E-state index contributed by atoms with van der Waals surface area (Å²) in [6.45, 7) is 1.81. The SMILES string of the molecule is Cc1ccc(S(=O)(=O)Nc2cccc(C(=O)N(C)Cc3nc4ccccc4[nH]3)c2)cc1F. The molecular weight excluding hydrogens is 431 g/mol. The predicted molar refractivity (Wildman–Crippen MR) is 120 cm³/mol. The van der Waals surface area contributed by atoms with Gasteiger partial charge in [-0.2, -0.15) is 0 Å². The molecule has 9 heteroatoms. The molecule has 0 saturated carbocycles. The van der Waals surface area contributed by atoms with Crippen molar-refractivity contribution in [2.45, 2.75) is 18.4 Å². The molecule has 0 bridgehead atoms. The molecule has 0 aliphatic carbocycles. The number of para-hydroxylation sites is 2. The number of hydrogen-bond donors (Lipinski definition) is 2. The van der Waals surface area contributed by atoms with Crippen molar-refractivity contribution >= 4 is 32.7 Å². The molecule has 2 N–H and O–H groups in total. The highest BCUT2D eigenvalue weighted by molar-refractivity contribution is 7.92. The number of carbonyl (C=O) groups is 1. The molecule has 0 aliphatic rings. The minimum absolute atomic E-state index is 0.195. The van der Waals surface area contributed by atoms with Crippen LogP contribution in [-0.4, -0.2) is 36.2 Å². The van der Waals surface area contributed by atoms with Crippen molar-refractivity contribution in [2.75, 3.05) is 11.8 Å². The number of benzene rings is 3. The average Bonchev–Trinajstić information content (AvgIpc) is 3.17. The monoisotopic (exact) mass is 452 g/mol. The number of aromatic amines is 1. The maximum atomic E-state index is 13.8. The lowest BCUT2D eigenvalue weighted by Crippen LogP contribution is -2.26. The minimum atomic E-state index is -4.01. The quantitative estimate of drug-likeness (QED) is 0.461. The third kappa shape index (κ3) is 4.47. The maximum Gasteiger partial charge on any atom is 0.261 e. The molecular formula is C23H21FN4O3S. The molecule has 4 aromatic rings. The van der Waals surface area contributed by atoms with Gasteiger partial charge in [-0.05, 0) is 55.0 Å². The Morgan fingerprint density at radius 1 is 1.09 bits per heavy atom. The Kier molecular flexibility index (Phi) is 5.67. The predicted octanol–water partition coefficient (Wildman–Crippen LogP) is 4.08. The highest BCUT2D eigenvalue weighted by Crippen LogP contribution is 2.20. The molecule has 0 unspecified atom stereocenters. The van der Waals surface area contributed by atoms with Crippen LogP contribution in [0.2, 0.25) is 0 Å². The Balaban J connectivity index is 1.51. The third-order valence-electron chi connectivity index (χ3n) is 4.99. The standard InChI is InChI=1S/C23H21FN4O3S/c1-15-10-11-18(13-19(15)24)32(30,31)27-17-7-5-6-16(12-17)23(29)28(2)14-22-25-20-8-3-4-9-21(20)26-22/h3-13,27H,14H2,1-2H3,(H,25,26). The number of sulfonamides is 1. The van der Waals surface area contributed by atoms with Gasteiger partial charge in [-0.3, -0.25) is 9.52 Å². The number of amides is 1. The minimum Gasteiger partial charge on any atom is -0.340 e. The number of halogens is 1. The van der Waals surface area contributed by atoms with Crippen molar-refractivity contribution in [1.29, 1.82) is 0 Å². The maximum absolute atomic E-state index is 13.8. The Morgan fingerprint density at radius 3 is 2.62 bits per heavy atom. The fourth-order valence-corrected chi connectivity index (χ4v) is 4.33. The molecule has 7 nitrogen and oxygen atoms in total. The molecule has 0 aliphatic heterocycles. The first-order valence-corrected chi connectivity index (χ1v) is 11.3. The van der Waals surface area contributed by atoms with Gasteiger partial charge in [0.25, 0.3) is 15.9 Å². The number of imidazole rings is 1. The molecule has 4 rings (SSSR count). The lowest BCUT2D eigenvalue weighted by Gasteiger charge is -2.16. The molecule has 3 aromatic carbocycles. The topological polar surface area (TPSA) is 95.2 Å². The molecule has 0 radical (unpaired) electrons. The fraction of sp³-hybridized carbons (Fsp3) is 0.130. The van der Waals surface area contributed by atoms with Gasteiger partial charge in [0.1, 0.15) is 11.6 Å². The molecule has 0 spiro atoms. The second kappa shape index (κ2) is 8.43. The number of nitrogens with one attached hydrogen (secondary N) is 2. The molecule has 32 heavy (non-hydrogen) atoms. The van der Waals surface area contributed by atoms with E-state index in [0.717, 1.165) is 17.1 Å². The van der Waals surface area contributed by atoms with E-state index in [9.17, 15) is 17.6 Å². The normalized spacial score (nSPS) is 11.5. The van der Waals surface area contributed by atoms with E-state index in [1.807, 2.05) is 24.3 Å². The van der Waals surface area contributed by atoms with Crippen LogP contribution in [0.25, 0.3) is 11.0 Å². The van der Waals surface area contributed by atoms with E-state index in [2.05, 4.69) is 14.7 Å². The number of aryl methyl sites for hydroxylation is 1. The van der Waals surface area contributed by atoms with Gasteiger partial charge in [0.2, 0.25) is 0 Å². The van der Waals surface area contributed by atoms with E-state index >= 15 is 0 Å². The lowest BCUT2D eigenvalue weighted by atomic mass is 10.2. The Hall–Kier alpha value is -3.72. The molecule has 1 aromatic heterocycles. The number of carbonyl (C=O) groups excluding carboxylic acids is 1. The van der Waals surface area contributed by atoms with Gasteiger partial charge >= 0.3 is 0 Å². The van der Waals surface area contributed by atoms with Crippen molar-refractivity contribution in [3.63, 3.8) is 0 Å². The van der Waals surface area contributed by atoms with E-state index < -0.39 is 15.8 Å². The second-order valence-corrected chi connectivity index (χ2v) is 9.14. The smallest absolute Gasteiger partial charge is 0.261 e. The average molecular weight is 453 g/mol. The first kappa shape index (κ1) is 21.5. The first-order valence-electron chi connectivity index (χ1n) is 9.81. The summed E-state index contributed by atoms with van der Waals surface area (Å²) in [5.74, 6) is -0.266. The van der Waals surface area contributed by atoms with Crippen molar-refractivity contribution in [3.8, 4) is 0 Å². The van der Waals surface area contributed by atoms with E-state index in [-0.39, 0.29) is 23.0 Å². The Bertz CT molecular complexity index is 1380. The summed E-state index contributed by atoms with van der Waals surface area (Å²) in [5, 5.41) is 0. The number of anilines is 1. The van der Waals surface area contributed by atoms with Crippen molar-refractivity contribution in [1.82, 2.24) is 14.9 Å². The number of fused-ring (bicyclic) bond motifs is 1. The number of hydrogen-bond acceptors (Lipinski definition) is 4. The van der Waals surface area contributed by atoms with Gasteiger partial charge in [0, 0.05) is 18.3 Å². The fourth-order valence-electron chi connectivity index (χ4n) is 3.27. The zero-order valence-electron chi connectivity index (χ0n) is 17.5. The summed E-state index contributed by atoms with van der Waals surface area (Å²) < 4.78 is 41.4. The number of rotatable bonds is 6. The summed E-state index contributed by atoms with van der Waals surface area (Å²) in [6.07, 6.45) is 0. The van der Waals surface area contributed by atoms with E-state index in [1.165, 1.54) is 29.2 Å². The largest absolute Gasteiger partial charge is 0.340 e. The number of nitrogens with zero attached hydrogens (tertiary/aromatic N) is 2. The zero-order chi connectivity index (χ0) is 22.9. The van der Waals surface area contributed by atoms with Crippen LogP contribution in [0, 0.1) is 12.7 Å². The van der Waals surface area contributed by atoms with E-state index in [1.54, 1.807) is 26.1 Å². The van der Waals surface area contributed by atoms with Crippen LogP contribution in [0.1, 0.15) is 21.7 Å². The van der Waals surface area contributed by atoms with Gasteiger partial charge in [-0.25, -0.2) is 17.8 Å². The van der Waals surface area contributed by atoms with Crippen LogP contribution >= 0.6 is 0 Å². The van der Waals surface area contributed by atoms with E-state index in [4.69, 9.17) is 0 Å². The lowest BCUT2D eigenvalue weighted by molar-refractivity contribution is 0.0782. The summed E-state index contributed by atoms with van der Waals surface area (Å²) in [7, 11) is -2.37. The molecule has 1 amide bonds. The third-order valence-corrected chi connectivity index (χ3v) is 6.37. The van der Waals surface area contributed by atoms with Crippen LogP contribution in [0.3, 0.4) is 0 Å². The van der Waals surface area contributed by atoms with Gasteiger partial charge in [0.15, 0.2) is 0 Å². The molecule has 1 heterocycles. The van der Waals surface area contributed by atoms with Gasteiger partial charge in [0.05, 0.1) is 22.5 Å². The summed E-state index contributed by atoms with van der Waals surface area (Å²) in [4.78, 5) is 21.8. The Labute approximate surface area is 185 Å². The highest BCUT2D eigenvalue weighted by atomic mass is 32.2. The summed E-state index contributed by atoms with van der Waals surface area (Å²) in [6, 6.07) is 17.4. The zero-order valence-corrected chi connectivity index (χ0v) is 18.3. The van der Waals surface area contributed by atoms with Gasteiger partial charge in [-0.15, -0.1) is 0 Å². The summed E-state index contributed by atoms with van der Waals surface area (Å²) >= 11 is 0. The molecule has 0 saturated heterocycles. The highest BCUT2D eigenvalue weighted by Gasteiger charge is 2.18. The summed E-state index contributed by atoms with van der Waals surface area (Å²) in [5.41, 5.74) is 2.55. The second-order valence-electron chi connectivity index (χ2n) is 7.46. The van der Waals surface area contributed by atoms with Crippen molar-refractivity contribution in [3.05, 3.63) is 89.5 Å². The van der Waals surface area contributed by atoms with E-state index in [0.29, 0.717) is 17.0 Å². The molecule has 164 valence electrons. The van der Waals surface area contributed by atoms with Crippen molar-refractivity contribution in [2.24, 2.45) is 0 Å². The van der Waals surface area contributed by atoms with Crippen LogP contribution in [0.4, 0.5) is 10.1 Å². The van der Waals surface area contributed by atoms with Crippen LogP contribution in [-0.2, 0) is 16.6 Å².